The fourth-order valence-corrected chi connectivity index (χ4v) is 5.43. The maximum Gasteiger partial charge on any atom is 0.270 e. The molecule has 36 heavy (non-hydrogen) atoms. The molecule has 3 N–H and O–H groups in total. The average molecular weight is 490 g/mol. The number of hydrogen-bond acceptors (Lipinski definition) is 5. The summed E-state index contributed by atoms with van der Waals surface area (Å²) in [5.74, 6) is 0.0845. The van der Waals surface area contributed by atoms with Gasteiger partial charge in [0.05, 0.1) is 23.3 Å². The van der Waals surface area contributed by atoms with Crippen LogP contribution in [0.1, 0.15) is 74.4 Å². The van der Waals surface area contributed by atoms with Crippen molar-refractivity contribution < 1.29 is 9.59 Å². The lowest BCUT2D eigenvalue weighted by Gasteiger charge is -2.32. The lowest BCUT2D eigenvalue weighted by molar-refractivity contribution is -0.120. The summed E-state index contributed by atoms with van der Waals surface area (Å²) in [7, 11) is 0. The van der Waals surface area contributed by atoms with Crippen LogP contribution >= 0.6 is 0 Å². The van der Waals surface area contributed by atoms with Crippen LogP contribution < -0.4 is 10.6 Å². The number of pyridine rings is 1. The van der Waals surface area contributed by atoms with Crippen molar-refractivity contribution in [3.05, 3.63) is 47.7 Å². The molecule has 9 heteroatoms. The first-order chi connectivity index (χ1) is 17.2. The van der Waals surface area contributed by atoms with E-state index in [1.165, 1.54) is 0 Å². The second kappa shape index (κ2) is 9.19. The molecule has 9 nitrogen and oxygen atoms in total. The third-order valence-electron chi connectivity index (χ3n) is 7.71. The van der Waals surface area contributed by atoms with Gasteiger partial charge in [0, 0.05) is 23.5 Å². The molecule has 2 saturated carbocycles. The fraction of sp³-hybridized carbons (Fsp3) is 0.519. The highest BCUT2D eigenvalue weighted by Crippen LogP contribution is 2.60. The van der Waals surface area contributed by atoms with E-state index < -0.39 is 6.04 Å². The van der Waals surface area contributed by atoms with Crippen LogP contribution in [0.25, 0.3) is 11.3 Å². The Bertz CT molecular complexity index is 1250. The van der Waals surface area contributed by atoms with Crippen LogP contribution in [0.2, 0.25) is 0 Å². The number of hydrogen-bond donors (Lipinski definition) is 3. The van der Waals surface area contributed by atoms with Crippen LogP contribution in [0.5, 0.6) is 0 Å². The van der Waals surface area contributed by atoms with E-state index in [0.29, 0.717) is 17.3 Å². The number of amides is 2. The number of carbonyl (C=O) groups is 2. The van der Waals surface area contributed by atoms with Crippen molar-refractivity contribution in [1.29, 1.82) is 0 Å². The molecule has 3 aromatic heterocycles. The molecule has 0 radical (unpaired) electrons. The van der Waals surface area contributed by atoms with E-state index in [1.54, 1.807) is 23.1 Å². The molecule has 3 aromatic rings. The van der Waals surface area contributed by atoms with Crippen molar-refractivity contribution in [1.82, 2.24) is 30.3 Å². The molecule has 1 unspecified atom stereocenters. The Hall–Kier alpha value is -3.49. The van der Waals surface area contributed by atoms with Gasteiger partial charge in [-0.1, -0.05) is 6.92 Å². The number of aromatic amines is 1. The number of anilines is 1. The van der Waals surface area contributed by atoms with Crippen LogP contribution in [0.3, 0.4) is 0 Å². The monoisotopic (exact) mass is 489 g/mol. The van der Waals surface area contributed by atoms with Gasteiger partial charge in [0.25, 0.3) is 5.91 Å². The Labute approximate surface area is 211 Å². The minimum absolute atomic E-state index is 0.0419. The van der Waals surface area contributed by atoms with Gasteiger partial charge in [-0.2, -0.15) is 10.2 Å². The maximum atomic E-state index is 13.7. The molecule has 2 amide bonds. The van der Waals surface area contributed by atoms with Crippen molar-refractivity contribution in [2.45, 2.75) is 72.4 Å². The number of carbonyl (C=O) groups excluding carboxylic acids is 2. The van der Waals surface area contributed by atoms with E-state index >= 15 is 0 Å². The normalized spacial score (nSPS) is 18.1. The topological polar surface area (TPSA) is 118 Å². The Morgan fingerprint density at radius 3 is 2.47 bits per heavy atom. The highest BCUT2D eigenvalue weighted by atomic mass is 16.2. The van der Waals surface area contributed by atoms with Crippen molar-refractivity contribution >= 4 is 17.5 Å². The van der Waals surface area contributed by atoms with Crippen LogP contribution in [-0.2, 0) is 4.79 Å². The summed E-state index contributed by atoms with van der Waals surface area (Å²) < 4.78 is 1.69. The quantitative estimate of drug-likeness (QED) is 0.411. The Morgan fingerprint density at radius 1 is 1.17 bits per heavy atom. The molecule has 0 bridgehead atoms. The van der Waals surface area contributed by atoms with E-state index in [9.17, 15) is 9.59 Å². The zero-order valence-electron chi connectivity index (χ0n) is 21.6. The molecule has 2 atom stereocenters. The van der Waals surface area contributed by atoms with Crippen LogP contribution in [0.4, 0.5) is 5.69 Å². The van der Waals surface area contributed by atoms with Gasteiger partial charge in [0.2, 0.25) is 5.91 Å². The van der Waals surface area contributed by atoms with E-state index in [2.05, 4.69) is 37.8 Å². The fourth-order valence-electron chi connectivity index (χ4n) is 5.43. The first-order valence-corrected chi connectivity index (χ1v) is 12.8. The first-order valence-electron chi connectivity index (χ1n) is 12.8. The zero-order chi connectivity index (χ0) is 25.6. The minimum atomic E-state index is -0.633. The van der Waals surface area contributed by atoms with Crippen molar-refractivity contribution in [2.75, 3.05) is 5.32 Å². The number of nitrogens with one attached hydrogen (secondary N) is 3. The predicted octanol–water partition coefficient (Wildman–Crippen LogP) is 4.43. The highest BCUT2D eigenvalue weighted by Gasteiger charge is 2.55. The summed E-state index contributed by atoms with van der Waals surface area (Å²) in [5, 5.41) is 17.7. The molecular weight excluding hydrogens is 454 g/mol. The molecule has 2 aliphatic carbocycles. The number of H-pyrrole nitrogens is 1. The van der Waals surface area contributed by atoms with Crippen LogP contribution in [0, 0.1) is 31.1 Å². The summed E-state index contributed by atoms with van der Waals surface area (Å²) >= 11 is 0. The van der Waals surface area contributed by atoms with Gasteiger partial charge in [-0.05, 0) is 88.8 Å². The average Bonchev–Trinajstić information content (AvgIpc) is 3.73. The van der Waals surface area contributed by atoms with Crippen molar-refractivity contribution in [3.8, 4) is 11.3 Å². The zero-order valence-corrected chi connectivity index (χ0v) is 21.6. The Balaban J connectivity index is 1.39. The van der Waals surface area contributed by atoms with Crippen LogP contribution in [-0.4, -0.2) is 42.8 Å². The highest BCUT2D eigenvalue weighted by molar-refractivity contribution is 6.00. The van der Waals surface area contributed by atoms with Gasteiger partial charge < -0.3 is 10.6 Å². The molecule has 5 rings (SSSR count). The first kappa shape index (κ1) is 24.2. The molecule has 0 saturated heterocycles. The molecule has 190 valence electrons. The molecule has 0 spiro atoms. The Kier molecular flexibility index (Phi) is 6.18. The number of aryl methyl sites for hydroxylation is 2. The summed E-state index contributed by atoms with van der Waals surface area (Å²) in [6, 6.07) is 4.85. The number of aromatic nitrogens is 5. The molecule has 2 aliphatic rings. The summed E-state index contributed by atoms with van der Waals surface area (Å²) in [6.45, 7) is 10.1. The lowest BCUT2D eigenvalue weighted by atomic mass is 9.80. The molecule has 2 fully saturated rings. The summed E-state index contributed by atoms with van der Waals surface area (Å²) in [5.41, 5.74) is 4.74. The number of rotatable bonds is 9. The summed E-state index contributed by atoms with van der Waals surface area (Å²) in [4.78, 5) is 31.6. The third-order valence-corrected chi connectivity index (χ3v) is 7.71. The SMILES string of the molecule is Cc1n[nH]c(C)c1-c1ccc(NC(=O)[C@@H](NC(=O)c2ccnn2C(C)C)C(C2CC2)C2(C)CC2)cn1. The van der Waals surface area contributed by atoms with E-state index in [-0.39, 0.29) is 29.2 Å². The smallest absolute Gasteiger partial charge is 0.270 e. The Morgan fingerprint density at radius 2 is 1.92 bits per heavy atom. The predicted molar refractivity (Wildman–Crippen MR) is 137 cm³/mol. The number of nitrogens with zero attached hydrogens (tertiary/aromatic N) is 4. The maximum absolute atomic E-state index is 13.7. The second-order valence-corrected chi connectivity index (χ2v) is 11.0. The van der Waals surface area contributed by atoms with Gasteiger partial charge in [-0.15, -0.1) is 0 Å². The van der Waals surface area contributed by atoms with Crippen LogP contribution in [0.15, 0.2) is 30.6 Å². The molecule has 0 aliphatic heterocycles. The van der Waals surface area contributed by atoms with Crippen molar-refractivity contribution in [3.63, 3.8) is 0 Å². The largest absolute Gasteiger partial charge is 0.339 e. The minimum Gasteiger partial charge on any atom is -0.339 e. The van der Waals surface area contributed by atoms with Gasteiger partial charge in [-0.3, -0.25) is 24.4 Å². The van der Waals surface area contributed by atoms with Gasteiger partial charge >= 0.3 is 0 Å². The standard InChI is InChI=1S/C27H35N7O2/c1-15(2)34-21(10-13-29-34)25(35)31-24(23(18-6-7-18)27(5)11-12-27)26(36)30-19-8-9-20(28-14-19)22-16(3)32-33-17(22)4/h8-10,13-15,18,23-24H,6-7,11-12H2,1-5H3,(H,30,36)(H,31,35)(H,32,33)/t23?,24-/m0/s1. The lowest BCUT2D eigenvalue weighted by Crippen LogP contribution is -2.51. The van der Waals surface area contributed by atoms with Gasteiger partial charge in [0.1, 0.15) is 11.7 Å². The molecular formula is C27H35N7O2. The molecule has 3 heterocycles. The molecule has 0 aromatic carbocycles. The van der Waals surface area contributed by atoms with E-state index in [1.807, 2.05) is 39.8 Å². The summed E-state index contributed by atoms with van der Waals surface area (Å²) in [6.07, 6.45) is 7.65. The van der Waals surface area contributed by atoms with E-state index in [4.69, 9.17) is 0 Å². The van der Waals surface area contributed by atoms with Gasteiger partial charge in [-0.25, -0.2) is 0 Å². The van der Waals surface area contributed by atoms with Crippen molar-refractivity contribution in [2.24, 2.45) is 17.3 Å². The third kappa shape index (κ3) is 4.66. The van der Waals surface area contributed by atoms with Gasteiger partial charge in [0.15, 0.2) is 0 Å². The van der Waals surface area contributed by atoms with E-state index in [0.717, 1.165) is 48.3 Å². The second-order valence-electron chi connectivity index (χ2n) is 11.0.